The van der Waals surface area contributed by atoms with Gasteiger partial charge >= 0.3 is 0 Å². The molecule has 2 unspecified atom stereocenters. The van der Waals surface area contributed by atoms with Crippen molar-refractivity contribution in [3.8, 4) is 11.5 Å². The van der Waals surface area contributed by atoms with E-state index in [1.807, 2.05) is 6.07 Å². The quantitative estimate of drug-likeness (QED) is 0.868. The van der Waals surface area contributed by atoms with E-state index in [-0.39, 0.29) is 0 Å². The average molecular weight is 278 g/mol. The summed E-state index contributed by atoms with van der Waals surface area (Å²) in [6, 6.07) is 6.07. The maximum Gasteiger partial charge on any atom is 0.124 e. The van der Waals surface area contributed by atoms with Crippen molar-refractivity contribution in [1.82, 2.24) is 0 Å². The van der Waals surface area contributed by atoms with Crippen molar-refractivity contribution in [3.63, 3.8) is 0 Å². The maximum atomic E-state index is 5.73. The molecule has 2 rings (SSSR count). The minimum absolute atomic E-state index is 0.611. The number of benzene rings is 1. The lowest BCUT2D eigenvalue weighted by molar-refractivity contribution is 0.394. The predicted octanol–water partition coefficient (Wildman–Crippen LogP) is 2.52. The Morgan fingerprint density at radius 2 is 1.90 bits per heavy atom. The van der Waals surface area contributed by atoms with Gasteiger partial charge in [0.1, 0.15) is 11.5 Å². The van der Waals surface area contributed by atoms with Gasteiger partial charge in [0.15, 0.2) is 0 Å². The van der Waals surface area contributed by atoms with Gasteiger partial charge in [-0.05, 0) is 31.2 Å². The third-order valence-corrected chi connectivity index (χ3v) is 4.13. The number of anilines is 1. The van der Waals surface area contributed by atoms with Gasteiger partial charge in [0.2, 0.25) is 0 Å². The molecule has 2 atom stereocenters. The van der Waals surface area contributed by atoms with Gasteiger partial charge in [-0.25, -0.2) is 0 Å². The Bertz CT molecular complexity index is 414. The van der Waals surface area contributed by atoms with E-state index in [9.17, 15) is 0 Å². The molecule has 1 heterocycles. The lowest BCUT2D eigenvalue weighted by Crippen LogP contribution is -2.21. The zero-order valence-corrected chi connectivity index (χ0v) is 12.8. The normalized spacial score (nSPS) is 20.0. The minimum atomic E-state index is 0.611. The lowest BCUT2D eigenvalue weighted by Gasteiger charge is -2.21. The number of nitrogens with two attached hydrogens (primary N) is 1. The Morgan fingerprint density at radius 1 is 1.25 bits per heavy atom. The standard InChI is InChI=1S/C16H26N2O2/c1-12(10-17)6-13-4-5-18(11-13)14-7-15(19-2)9-16(8-14)20-3/h7-9,12-13H,4-6,10-11,17H2,1-3H3. The maximum absolute atomic E-state index is 5.73. The van der Waals surface area contributed by atoms with Crippen LogP contribution in [0.5, 0.6) is 11.5 Å². The van der Waals surface area contributed by atoms with Crippen LogP contribution in [0.15, 0.2) is 18.2 Å². The predicted molar refractivity (Wildman–Crippen MR) is 82.7 cm³/mol. The van der Waals surface area contributed by atoms with Crippen LogP contribution in [0.2, 0.25) is 0 Å². The molecular formula is C16H26N2O2. The van der Waals surface area contributed by atoms with Crippen molar-refractivity contribution in [2.24, 2.45) is 17.6 Å². The van der Waals surface area contributed by atoms with Crippen molar-refractivity contribution < 1.29 is 9.47 Å². The first kappa shape index (κ1) is 15.0. The van der Waals surface area contributed by atoms with Gasteiger partial charge in [0.25, 0.3) is 0 Å². The molecular weight excluding hydrogens is 252 g/mol. The Morgan fingerprint density at radius 3 is 2.45 bits per heavy atom. The molecule has 1 aliphatic heterocycles. The molecule has 0 amide bonds. The van der Waals surface area contributed by atoms with Crippen molar-refractivity contribution in [1.29, 1.82) is 0 Å². The molecule has 4 nitrogen and oxygen atoms in total. The first-order valence-electron chi connectivity index (χ1n) is 7.34. The zero-order chi connectivity index (χ0) is 14.5. The summed E-state index contributed by atoms with van der Waals surface area (Å²) in [4.78, 5) is 2.42. The van der Waals surface area contributed by atoms with Crippen LogP contribution in [0.4, 0.5) is 5.69 Å². The molecule has 1 fully saturated rings. The van der Waals surface area contributed by atoms with E-state index in [1.165, 1.54) is 18.5 Å². The van der Waals surface area contributed by atoms with Crippen LogP contribution < -0.4 is 20.1 Å². The molecule has 0 aromatic heterocycles. The van der Waals surface area contributed by atoms with Gasteiger partial charge < -0.3 is 20.1 Å². The van der Waals surface area contributed by atoms with Gasteiger partial charge in [-0.15, -0.1) is 0 Å². The van der Waals surface area contributed by atoms with E-state index < -0.39 is 0 Å². The van der Waals surface area contributed by atoms with Crippen molar-refractivity contribution in [2.75, 3.05) is 38.8 Å². The molecule has 0 spiro atoms. The van der Waals surface area contributed by atoms with E-state index in [4.69, 9.17) is 15.2 Å². The number of hydrogen-bond acceptors (Lipinski definition) is 4. The van der Waals surface area contributed by atoms with Gasteiger partial charge in [-0.1, -0.05) is 6.92 Å². The summed E-state index contributed by atoms with van der Waals surface area (Å²) >= 11 is 0. The summed E-state index contributed by atoms with van der Waals surface area (Å²) in [6.07, 6.45) is 2.46. The average Bonchev–Trinajstić information content (AvgIpc) is 2.94. The molecule has 0 radical (unpaired) electrons. The molecule has 0 aliphatic carbocycles. The Balaban J connectivity index is 2.05. The van der Waals surface area contributed by atoms with Crippen LogP contribution in [0, 0.1) is 11.8 Å². The fourth-order valence-corrected chi connectivity index (χ4v) is 2.90. The first-order valence-corrected chi connectivity index (χ1v) is 7.34. The van der Waals surface area contributed by atoms with E-state index in [1.54, 1.807) is 14.2 Å². The van der Waals surface area contributed by atoms with Crippen LogP contribution in [0.1, 0.15) is 19.8 Å². The molecule has 0 bridgehead atoms. The molecule has 1 saturated heterocycles. The van der Waals surface area contributed by atoms with Gasteiger partial charge in [-0.3, -0.25) is 0 Å². The summed E-state index contributed by atoms with van der Waals surface area (Å²) in [5.41, 5.74) is 6.91. The third-order valence-electron chi connectivity index (χ3n) is 4.13. The number of hydrogen-bond donors (Lipinski definition) is 1. The van der Waals surface area contributed by atoms with E-state index in [2.05, 4.69) is 24.0 Å². The fourth-order valence-electron chi connectivity index (χ4n) is 2.90. The van der Waals surface area contributed by atoms with Crippen LogP contribution >= 0.6 is 0 Å². The highest BCUT2D eigenvalue weighted by atomic mass is 16.5. The van der Waals surface area contributed by atoms with Crippen molar-refractivity contribution >= 4 is 5.69 Å². The lowest BCUT2D eigenvalue weighted by atomic mass is 9.95. The molecule has 1 aliphatic rings. The largest absolute Gasteiger partial charge is 0.497 e. The van der Waals surface area contributed by atoms with Crippen molar-refractivity contribution in [3.05, 3.63) is 18.2 Å². The van der Waals surface area contributed by atoms with Gasteiger partial charge in [0, 0.05) is 37.0 Å². The highest BCUT2D eigenvalue weighted by molar-refractivity contribution is 5.56. The summed E-state index contributed by atoms with van der Waals surface area (Å²) in [5, 5.41) is 0. The van der Waals surface area contributed by atoms with Crippen molar-refractivity contribution in [2.45, 2.75) is 19.8 Å². The summed E-state index contributed by atoms with van der Waals surface area (Å²) in [7, 11) is 3.38. The second-order valence-corrected chi connectivity index (χ2v) is 5.75. The Hall–Kier alpha value is -1.42. The van der Waals surface area contributed by atoms with E-state index in [0.717, 1.165) is 37.1 Å². The molecule has 0 saturated carbocycles. The topological polar surface area (TPSA) is 47.7 Å². The Labute approximate surface area is 121 Å². The number of methoxy groups -OCH3 is 2. The SMILES string of the molecule is COc1cc(OC)cc(N2CCC(CC(C)CN)C2)c1. The second kappa shape index (κ2) is 6.84. The van der Waals surface area contributed by atoms with Gasteiger partial charge in [0.05, 0.1) is 14.2 Å². The number of ether oxygens (including phenoxy) is 2. The van der Waals surface area contributed by atoms with Crippen LogP contribution in [0.3, 0.4) is 0 Å². The number of nitrogens with zero attached hydrogens (tertiary/aromatic N) is 1. The monoisotopic (exact) mass is 278 g/mol. The van der Waals surface area contributed by atoms with Gasteiger partial charge in [-0.2, -0.15) is 0 Å². The second-order valence-electron chi connectivity index (χ2n) is 5.75. The summed E-state index contributed by atoms with van der Waals surface area (Å²) in [5.74, 6) is 3.04. The molecule has 1 aromatic rings. The Kier molecular flexibility index (Phi) is 5.12. The van der Waals surface area contributed by atoms with E-state index >= 15 is 0 Å². The third kappa shape index (κ3) is 3.57. The zero-order valence-electron chi connectivity index (χ0n) is 12.8. The summed E-state index contributed by atoms with van der Waals surface area (Å²) in [6.45, 7) is 5.21. The summed E-state index contributed by atoms with van der Waals surface area (Å²) < 4.78 is 10.7. The molecule has 112 valence electrons. The van der Waals surface area contributed by atoms with Crippen LogP contribution in [-0.2, 0) is 0 Å². The number of rotatable bonds is 6. The van der Waals surface area contributed by atoms with Crippen LogP contribution in [0.25, 0.3) is 0 Å². The highest BCUT2D eigenvalue weighted by Crippen LogP contribution is 2.33. The first-order chi connectivity index (χ1) is 9.66. The highest BCUT2D eigenvalue weighted by Gasteiger charge is 2.24. The molecule has 4 heteroatoms. The minimum Gasteiger partial charge on any atom is -0.497 e. The smallest absolute Gasteiger partial charge is 0.124 e. The molecule has 1 aromatic carbocycles. The molecule has 20 heavy (non-hydrogen) atoms. The van der Waals surface area contributed by atoms with Crippen LogP contribution in [-0.4, -0.2) is 33.9 Å². The molecule has 2 N–H and O–H groups in total. The fraction of sp³-hybridized carbons (Fsp3) is 0.625. The van der Waals surface area contributed by atoms with E-state index in [0.29, 0.717) is 5.92 Å².